The highest BCUT2D eigenvalue weighted by atomic mass is 16.5. The van der Waals surface area contributed by atoms with Crippen LogP contribution in [0.25, 0.3) is 5.57 Å². The third-order valence-electron chi connectivity index (χ3n) is 8.33. The van der Waals surface area contributed by atoms with Gasteiger partial charge in [-0.05, 0) is 67.7 Å². The topological polar surface area (TPSA) is 50.8 Å². The van der Waals surface area contributed by atoms with Crippen molar-refractivity contribution in [2.75, 3.05) is 33.4 Å². The highest BCUT2D eigenvalue weighted by Crippen LogP contribution is 2.52. The molecule has 0 aromatic heterocycles. The van der Waals surface area contributed by atoms with Gasteiger partial charge in [-0.15, -0.1) is 0 Å². The van der Waals surface area contributed by atoms with Gasteiger partial charge in [-0.25, -0.2) is 0 Å². The lowest BCUT2D eigenvalue weighted by Gasteiger charge is -2.46. The van der Waals surface area contributed by atoms with Gasteiger partial charge in [0.05, 0.1) is 20.3 Å². The minimum atomic E-state index is -0.0576. The number of methoxy groups -OCH3 is 1. The highest BCUT2D eigenvalue weighted by molar-refractivity contribution is 5.94. The molecule has 2 aromatic rings. The van der Waals surface area contributed by atoms with Gasteiger partial charge >= 0.3 is 0 Å². The maximum atomic E-state index is 13.4. The van der Waals surface area contributed by atoms with Crippen LogP contribution in [0.2, 0.25) is 0 Å². The minimum absolute atomic E-state index is 0.0576. The van der Waals surface area contributed by atoms with Crippen molar-refractivity contribution in [3.63, 3.8) is 0 Å². The summed E-state index contributed by atoms with van der Waals surface area (Å²) in [5.41, 5.74) is 8.50. The molecule has 192 valence electrons. The summed E-state index contributed by atoms with van der Waals surface area (Å²) in [5.74, 6) is 1.45. The number of carbonyl (C=O) groups is 1. The number of allylic oxidation sites excluding steroid dienone is 2. The highest BCUT2D eigenvalue weighted by Gasteiger charge is 2.42. The molecule has 6 rings (SSSR count). The molecule has 0 radical (unpaired) electrons. The number of hydrogen-bond donors (Lipinski definition) is 1. The fourth-order valence-electron chi connectivity index (χ4n) is 6.88. The summed E-state index contributed by atoms with van der Waals surface area (Å²) in [6.07, 6.45) is 7.90. The lowest BCUT2D eigenvalue weighted by Crippen LogP contribution is -2.53. The van der Waals surface area contributed by atoms with Crippen LogP contribution in [0.5, 0.6) is 5.75 Å². The number of nitrogens with one attached hydrogen (secondary N) is 1. The molecule has 4 aliphatic rings. The Kier molecular flexibility index (Phi) is 6.09. The van der Waals surface area contributed by atoms with E-state index in [1.165, 1.54) is 33.4 Å². The zero-order valence-corrected chi connectivity index (χ0v) is 22.2. The lowest BCUT2D eigenvalue weighted by molar-refractivity contribution is 0.0303. The van der Waals surface area contributed by atoms with Gasteiger partial charge in [-0.2, -0.15) is 0 Å². The first kappa shape index (κ1) is 24.2. The molecule has 5 nitrogen and oxygen atoms in total. The van der Waals surface area contributed by atoms with E-state index in [0.717, 1.165) is 17.7 Å². The number of benzene rings is 2. The third-order valence-corrected chi connectivity index (χ3v) is 8.33. The average Bonchev–Trinajstić information content (AvgIpc) is 2.91. The van der Waals surface area contributed by atoms with Crippen molar-refractivity contribution in [3.8, 4) is 5.75 Å². The predicted molar refractivity (Wildman–Crippen MR) is 147 cm³/mol. The van der Waals surface area contributed by atoms with Crippen molar-refractivity contribution >= 4 is 11.5 Å². The van der Waals surface area contributed by atoms with E-state index in [-0.39, 0.29) is 29.3 Å². The monoisotopic (exact) mass is 496 g/mol. The van der Waals surface area contributed by atoms with Gasteiger partial charge in [-0.3, -0.25) is 4.79 Å². The first-order valence-corrected chi connectivity index (χ1v) is 13.4. The molecule has 5 heteroatoms. The Labute approximate surface area is 219 Å². The molecule has 0 spiro atoms. The molecular weight excluding hydrogens is 460 g/mol. The van der Waals surface area contributed by atoms with E-state index >= 15 is 0 Å². The van der Waals surface area contributed by atoms with E-state index in [9.17, 15) is 4.79 Å². The van der Waals surface area contributed by atoms with Crippen LogP contribution in [0.1, 0.15) is 53.7 Å². The van der Waals surface area contributed by atoms with E-state index in [1.54, 1.807) is 7.11 Å². The second-order valence-corrected chi connectivity index (χ2v) is 11.3. The number of morpholine rings is 1. The first-order valence-electron chi connectivity index (χ1n) is 13.4. The quantitative estimate of drug-likeness (QED) is 0.598. The first-order chi connectivity index (χ1) is 17.9. The maximum absolute atomic E-state index is 13.4. The van der Waals surface area contributed by atoms with Crippen LogP contribution < -0.4 is 10.1 Å². The largest absolute Gasteiger partial charge is 0.496 e. The second-order valence-electron chi connectivity index (χ2n) is 11.3. The summed E-state index contributed by atoms with van der Waals surface area (Å²) < 4.78 is 11.3. The third kappa shape index (κ3) is 4.24. The Morgan fingerprint density at radius 2 is 1.92 bits per heavy atom. The summed E-state index contributed by atoms with van der Waals surface area (Å²) in [5, 5.41) is 3.85. The van der Waals surface area contributed by atoms with Gasteiger partial charge in [0.25, 0.3) is 5.91 Å². The van der Waals surface area contributed by atoms with Crippen molar-refractivity contribution in [1.29, 1.82) is 0 Å². The van der Waals surface area contributed by atoms with Gasteiger partial charge in [0.2, 0.25) is 0 Å². The molecule has 0 saturated carbocycles. The Bertz CT molecular complexity index is 1330. The molecule has 0 bridgehead atoms. The van der Waals surface area contributed by atoms with Crippen molar-refractivity contribution in [1.82, 2.24) is 10.2 Å². The van der Waals surface area contributed by atoms with Crippen molar-refractivity contribution < 1.29 is 14.3 Å². The van der Waals surface area contributed by atoms with Gasteiger partial charge in [-0.1, -0.05) is 48.1 Å². The van der Waals surface area contributed by atoms with E-state index < -0.39 is 0 Å². The summed E-state index contributed by atoms with van der Waals surface area (Å²) in [6, 6.07) is 14.9. The molecule has 3 atom stereocenters. The molecule has 3 unspecified atom stereocenters. The van der Waals surface area contributed by atoms with Gasteiger partial charge in [0.15, 0.2) is 0 Å². The van der Waals surface area contributed by atoms with Gasteiger partial charge in [0.1, 0.15) is 5.75 Å². The van der Waals surface area contributed by atoms with Crippen LogP contribution in [0.4, 0.5) is 0 Å². The van der Waals surface area contributed by atoms with Gasteiger partial charge in [0, 0.05) is 47.6 Å². The fraction of sp³-hybridized carbons (Fsp3) is 0.406. The number of nitrogens with zero attached hydrogens (tertiary/aromatic N) is 1. The van der Waals surface area contributed by atoms with E-state index in [0.29, 0.717) is 26.3 Å². The SMILES string of the molecule is COc1cccc2c1C1=C(C(c3cccc(C(=O)N4CCOCC4)c3)C2)C2C(C)=CC(C)(C)NC2C=C1. The molecule has 1 amide bonds. The molecule has 2 aliphatic carbocycles. The molecule has 37 heavy (non-hydrogen) atoms. The number of fused-ring (bicyclic) bond motifs is 4. The lowest BCUT2D eigenvalue weighted by atomic mass is 9.64. The van der Waals surface area contributed by atoms with Crippen molar-refractivity contribution in [2.45, 2.75) is 44.7 Å². The molecule has 1 saturated heterocycles. The Balaban J connectivity index is 1.48. The molecule has 2 heterocycles. The molecule has 1 fully saturated rings. The normalized spacial score (nSPS) is 26.1. The van der Waals surface area contributed by atoms with E-state index in [4.69, 9.17) is 9.47 Å². The Hall–Kier alpha value is -3.15. The smallest absolute Gasteiger partial charge is 0.254 e. The number of ether oxygens (including phenoxy) is 2. The Morgan fingerprint density at radius 3 is 2.70 bits per heavy atom. The second kappa shape index (κ2) is 9.30. The number of rotatable bonds is 3. The van der Waals surface area contributed by atoms with Gasteiger partial charge < -0.3 is 19.7 Å². The van der Waals surface area contributed by atoms with Crippen LogP contribution >= 0.6 is 0 Å². The maximum Gasteiger partial charge on any atom is 0.254 e. The number of amides is 1. The zero-order valence-electron chi connectivity index (χ0n) is 22.2. The van der Waals surface area contributed by atoms with Crippen LogP contribution in [0.3, 0.4) is 0 Å². The van der Waals surface area contributed by atoms with Crippen LogP contribution in [0.15, 0.2) is 71.8 Å². The van der Waals surface area contributed by atoms with Crippen LogP contribution in [-0.4, -0.2) is 55.8 Å². The van der Waals surface area contributed by atoms with Crippen molar-refractivity contribution in [3.05, 3.63) is 94.1 Å². The van der Waals surface area contributed by atoms with Crippen molar-refractivity contribution in [2.24, 2.45) is 5.92 Å². The zero-order chi connectivity index (χ0) is 25.7. The van der Waals surface area contributed by atoms with Crippen LogP contribution in [0, 0.1) is 5.92 Å². The Morgan fingerprint density at radius 1 is 1.14 bits per heavy atom. The standard InChI is InChI=1S/C32H36N2O3/c1-20-19-32(2,3)33-26-12-11-24-29-22(8-6-10-27(29)36-4)18-25(30(24)28(20)26)21-7-5-9-23(17-21)31(35)34-13-15-37-16-14-34/h5-12,17,19,25-26,28,33H,13-16,18H2,1-4H3. The molecule has 2 aromatic carbocycles. The number of carbonyl (C=O) groups excluding carboxylic acids is 1. The summed E-state index contributed by atoms with van der Waals surface area (Å²) in [6.45, 7) is 9.26. The predicted octanol–water partition coefficient (Wildman–Crippen LogP) is 5.14. The van der Waals surface area contributed by atoms with E-state index in [1.807, 2.05) is 17.0 Å². The minimum Gasteiger partial charge on any atom is -0.496 e. The fourth-order valence-corrected chi connectivity index (χ4v) is 6.88. The molecular formula is C32H36N2O3. The summed E-state index contributed by atoms with van der Waals surface area (Å²) in [7, 11) is 1.76. The summed E-state index contributed by atoms with van der Waals surface area (Å²) >= 11 is 0. The average molecular weight is 497 g/mol. The molecule has 1 N–H and O–H groups in total. The van der Waals surface area contributed by atoms with Crippen LogP contribution in [-0.2, 0) is 11.2 Å². The number of hydrogen-bond acceptors (Lipinski definition) is 4. The summed E-state index contributed by atoms with van der Waals surface area (Å²) in [4.78, 5) is 15.3. The van der Waals surface area contributed by atoms with E-state index in [2.05, 4.69) is 74.6 Å². The molecule has 2 aliphatic heterocycles.